The third-order valence-corrected chi connectivity index (χ3v) is 5.12. The summed E-state index contributed by atoms with van der Waals surface area (Å²) >= 11 is 6.05. The van der Waals surface area contributed by atoms with Gasteiger partial charge in [0, 0.05) is 16.7 Å². The van der Waals surface area contributed by atoms with E-state index in [2.05, 4.69) is 15.4 Å². The van der Waals surface area contributed by atoms with Crippen molar-refractivity contribution in [3.8, 4) is 11.5 Å². The second-order valence-electron chi connectivity index (χ2n) is 6.45. The van der Waals surface area contributed by atoms with Gasteiger partial charge in [-0.1, -0.05) is 23.7 Å². The van der Waals surface area contributed by atoms with Crippen molar-refractivity contribution in [1.29, 1.82) is 0 Å². The molecule has 0 spiro atoms. The molecule has 0 amide bonds. The predicted molar refractivity (Wildman–Crippen MR) is 112 cm³/mol. The van der Waals surface area contributed by atoms with E-state index in [0.29, 0.717) is 39.3 Å². The van der Waals surface area contributed by atoms with E-state index in [4.69, 9.17) is 25.8 Å². The van der Waals surface area contributed by atoms with Crippen LogP contribution in [0.1, 0.15) is 17.2 Å². The van der Waals surface area contributed by atoms with Gasteiger partial charge in [0.1, 0.15) is 23.9 Å². The number of rotatable bonds is 5. The molecule has 0 unspecified atom stereocenters. The number of carbonyl (C=O) groups is 1. The highest BCUT2D eigenvalue weighted by atomic mass is 35.5. The van der Waals surface area contributed by atoms with Crippen LogP contribution >= 0.6 is 11.6 Å². The molecule has 2 aromatic carbocycles. The zero-order valence-corrected chi connectivity index (χ0v) is 17.3. The Balaban J connectivity index is 1.99. The summed E-state index contributed by atoms with van der Waals surface area (Å²) in [5, 5.41) is 8.12. The maximum atomic E-state index is 13.0. The molecule has 1 atom stereocenters. The lowest BCUT2D eigenvalue weighted by atomic mass is 9.92. The number of ether oxygens (including phenoxy) is 3. The maximum Gasteiger partial charge on any atom is 0.338 e. The van der Waals surface area contributed by atoms with Gasteiger partial charge < -0.3 is 19.5 Å². The molecular formula is C21H19ClN4O4. The molecule has 30 heavy (non-hydrogen) atoms. The van der Waals surface area contributed by atoms with Crippen molar-refractivity contribution in [2.24, 2.45) is 0 Å². The Kier molecular flexibility index (Phi) is 5.33. The predicted octanol–water partition coefficient (Wildman–Crippen LogP) is 3.55. The van der Waals surface area contributed by atoms with Crippen LogP contribution in [0.2, 0.25) is 5.02 Å². The van der Waals surface area contributed by atoms with Gasteiger partial charge in [0.05, 0.1) is 32.6 Å². The van der Waals surface area contributed by atoms with E-state index in [9.17, 15) is 4.79 Å². The number of halogens is 1. The minimum absolute atomic E-state index is 0.362. The van der Waals surface area contributed by atoms with Gasteiger partial charge in [0.15, 0.2) is 0 Å². The lowest BCUT2D eigenvalue weighted by Crippen LogP contribution is -2.29. The first-order valence-electron chi connectivity index (χ1n) is 9.04. The minimum Gasteiger partial charge on any atom is -0.497 e. The molecule has 0 fully saturated rings. The molecule has 9 heteroatoms. The molecule has 0 aliphatic carbocycles. The molecule has 2 heterocycles. The van der Waals surface area contributed by atoms with Gasteiger partial charge in [-0.15, -0.1) is 0 Å². The highest BCUT2D eigenvalue weighted by Gasteiger charge is 2.37. The third-order valence-electron chi connectivity index (χ3n) is 4.87. The fraction of sp³-hybridized carbons (Fsp3) is 0.190. The molecule has 0 bridgehead atoms. The van der Waals surface area contributed by atoms with Crippen LogP contribution in [-0.2, 0) is 9.53 Å². The van der Waals surface area contributed by atoms with Crippen molar-refractivity contribution in [2.45, 2.75) is 6.04 Å². The summed E-state index contributed by atoms with van der Waals surface area (Å²) in [5.74, 6) is 1.15. The Morgan fingerprint density at radius 2 is 1.87 bits per heavy atom. The Hall–Kier alpha value is -3.52. The highest BCUT2D eigenvalue weighted by Crippen LogP contribution is 2.42. The minimum atomic E-state index is -0.636. The maximum absolute atomic E-state index is 13.0. The molecule has 8 nitrogen and oxygen atoms in total. The average Bonchev–Trinajstić information content (AvgIpc) is 3.26. The number of nitrogens with one attached hydrogen (secondary N) is 1. The molecule has 154 valence electrons. The third kappa shape index (κ3) is 3.35. The summed E-state index contributed by atoms with van der Waals surface area (Å²) < 4.78 is 17.7. The molecule has 1 aromatic heterocycles. The molecule has 0 saturated carbocycles. The number of benzene rings is 2. The second kappa shape index (κ2) is 8.08. The van der Waals surface area contributed by atoms with Crippen LogP contribution in [-0.4, -0.2) is 42.1 Å². The van der Waals surface area contributed by atoms with Crippen molar-refractivity contribution >= 4 is 29.2 Å². The van der Waals surface area contributed by atoms with E-state index in [1.165, 1.54) is 13.4 Å². The summed E-state index contributed by atoms with van der Waals surface area (Å²) in [6.45, 7) is 0. The monoisotopic (exact) mass is 426 g/mol. The number of methoxy groups -OCH3 is 3. The van der Waals surface area contributed by atoms with Gasteiger partial charge in [-0.05, 0) is 29.8 Å². The van der Waals surface area contributed by atoms with Crippen LogP contribution in [0.4, 0.5) is 5.95 Å². The van der Waals surface area contributed by atoms with E-state index < -0.39 is 12.0 Å². The van der Waals surface area contributed by atoms with Crippen LogP contribution in [0.5, 0.6) is 11.5 Å². The number of nitrogens with zero attached hydrogens (tertiary/aromatic N) is 3. The van der Waals surface area contributed by atoms with E-state index in [0.717, 1.165) is 5.56 Å². The number of fused-ring (bicyclic) bond motifs is 1. The van der Waals surface area contributed by atoms with Crippen molar-refractivity contribution in [1.82, 2.24) is 14.8 Å². The zero-order valence-electron chi connectivity index (χ0n) is 16.5. The lowest BCUT2D eigenvalue weighted by molar-refractivity contribution is -0.136. The van der Waals surface area contributed by atoms with E-state index >= 15 is 0 Å². The molecule has 1 N–H and O–H groups in total. The van der Waals surface area contributed by atoms with E-state index in [-0.39, 0.29) is 0 Å². The van der Waals surface area contributed by atoms with Gasteiger partial charge in [-0.25, -0.2) is 9.48 Å². The fourth-order valence-corrected chi connectivity index (χ4v) is 3.59. The standard InChI is InChI=1S/C21H19ClN4O4/c1-28-14-8-9-15(16(10-14)29-2)19-17(20(27)30-3)18(12-4-6-13(22)7-5-12)25-21-23-11-24-26(19)21/h4-11,19H,1-3H3,(H,23,24,25)/t19-/m1/s1. The Labute approximate surface area is 178 Å². The topological polar surface area (TPSA) is 87.5 Å². The highest BCUT2D eigenvalue weighted by molar-refractivity contribution is 6.30. The molecule has 1 aliphatic rings. The summed E-state index contributed by atoms with van der Waals surface area (Å²) in [6, 6.07) is 11.9. The summed E-state index contributed by atoms with van der Waals surface area (Å²) in [6.07, 6.45) is 1.42. The molecule has 0 radical (unpaired) electrons. The molecule has 3 aromatic rings. The van der Waals surface area contributed by atoms with Gasteiger partial charge in [0.25, 0.3) is 0 Å². The Bertz CT molecular complexity index is 1120. The fourth-order valence-electron chi connectivity index (χ4n) is 3.47. The lowest BCUT2D eigenvalue weighted by Gasteiger charge is -2.30. The first kappa shape index (κ1) is 19.8. The normalized spacial score (nSPS) is 15.3. The van der Waals surface area contributed by atoms with Crippen LogP contribution in [0, 0.1) is 0 Å². The first-order chi connectivity index (χ1) is 14.6. The number of hydrogen-bond donors (Lipinski definition) is 1. The number of esters is 1. The van der Waals surface area contributed by atoms with Crippen LogP contribution in [0.25, 0.3) is 5.70 Å². The number of anilines is 1. The van der Waals surface area contributed by atoms with E-state index in [1.807, 2.05) is 18.2 Å². The molecule has 4 rings (SSSR count). The van der Waals surface area contributed by atoms with Crippen LogP contribution in [0.15, 0.2) is 54.4 Å². The van der Waals surface area contributed by atoms with Crippen molar-refractivity contribution < 1.29 is 19.0 Å². The number of aromatic nitrogens is 3. The van der Waals surface area contributed by atoms with Crippen LogP contribution in [0.3, 0.4) is 0 Å². The summed E-state index contributed by atoms with van der Waals surface area (Å²) in [7, 11) is 4.48. The van der Waals surface area contributed by atoms with Gasteiger partial charge in [-0.3, -0.25) is 0 Å². The number of carbonyl (C=O) groups excluding carboxylic acids is 1. The quantitative estimate of drug-likeness (QED) is 0.624. The van der Waals surface area contributed by atoms with Gasteiger partial charge >= 0.3 is 5.97 Å². The zero-order chi connectivity index (χ0) is 21.3. The summed E-state index contributed by atoms with van der Waals surface area (Å²) in [5.41, 5.74) is 2.38. The van der Waals surface area contributed by atoms with E-state index in [1.54, 1.807) is 43.2 Å². The van der Waals surface area contributed by atoms with Crippen LogP contribution < -0.4 is 14.8 Å². The van der Waals surface area contributed by atoms with Gasteiger partial charge in [-0.2, -0.15) is 10.1 Å². The second-order valence-corrected chi connectivity index (χ2v) is 6.89. The first-order valence-corrected chi connectivity index (χ1v) is 9.42. The average molecular weight is 427 g/mol. The van der Waals surface area contributed by atoms with Crippen molar-refractivity contribution in [2.75, 3.05) is 26.6 Å². The largest absolute Gasteiger partial charge is 0.497 e. The molecule has 0 saturated heterocycles. The van der Waals surface area contributed by atoms with Crippen molar-refractivity contribution in [3.63, 3.8) is 0 Å². The SMILES string of the molecule is COC(=O)C1=C(c2ccc(Cl)cc2)Nc2ncnn2[C@@H]1c1ccc(OC)cc1OC. The van der Waals surface area contributed by atoms with Gasteiger partial charge in [0.2, 0.25) is 5.95 Å². The Morgan fingerprint density at radius 3 is 2.53 bits per heavy atom. The van der Waals surface area contributed by atoms with Crippen molar-refractivity contribution in [3.05, 3.63) is 70.5 Å². The summed E-state index contributed by atoms with van der Waals surface area (Å²) in [4.78, 5) is 17.3. The Morgan fingerprint density at radius 1 is 1.10 bits per heavy atom. The molecule has 1 aliphatic heterocycles. The molecular weight excluding hydrogens is 408 g/mol. The smallest absolute Gasteiger partial charge is 0.338 e. The number of hydrogen-bond acceptors (Lipinski definition) is 7.